The zero-order valence-electron chi connectivity index (χ0n) is 11.8. The van der Waals surface area contributed by atoms with Gasteiger partial charge in [-0.2, -0.15) is 11.8 Å². The lowest BCUT2D eigenvalue weighted by atomic mass is 10.0. The van der Waals surface area contributed by atoms with E-state index in [1.54, 1.807) is 6.07 Å². The Labute approximate surface area is 128 Å². The Balaban J connectivity index is 1.77. The van der Waals surface area contributed by atoms with Gasteiger partial charge in [0.15, 0.2) is 0 Å². The van der Waals surface area contributed by atoms with E-state index < -0.39 is 0 Å². The fourth-order valence-electron chi connectivity index (χ4n) is 2.67. The van der Waals surface area contributed by atoms with Crippen molar-refractivity contribution in [2.75, 3.05) is 23.8 Å². The number of benzene rings is 1. The predicted octanol–water partition coefficient (Wildman–Crippen LogP) is 2.69. The molecule has 0 radical (unpaired) electrons. The lowest BCUT2D eigenvalue weighted by Gasteiger charge is -2.21. The van der Waals surface area contributed by atoms with E-state index in [0.717, 1.165) is 17.4 Å². The van der Waals surface area contributed by atoms with Gasteiger partial charge in [-0.3, -0.25) is 4.79 Å². The highest BCUT2D eigenvalue weighted by Crippen LogP contribution is 2.23. The van der Waals surface area contributed by atoms with Crippen molar-refractivity contribution in [3.8, 4) is 0 Å². The molecule has 2 aromatic rings. The molecule has 1 aliphatic rings. The molecular formula is C16H19N3OS. The van der Waals surface area contributed by atoms with Crippen LogP contribution in [0.5, 0.6) is 0 Å². The second-order valence-electron chi connectivity index (χ2n) is 5.38. The molecule has 0 spiro atoms. The van der Waals surface area contributed by atoms with Gasteiger partial charge < -0.3 is 11.1 Å². The van der Waals surface area contributed by atoms with Crippen LogP contribution in [0, 0.1) is 5.92 Å². The zero-order chi connectivity index (χ0) is 14.7. The summed E-state index contributed by atoms with van der Waals surface area (Å²) in [6, 6.07) is 9.26. The number of carbonyl (C=O) groups is 1. The van der Waals surface area contributed by atoms with Crippen molar-refractivity contribution in [3.05, 3.63) is 35.9 Å². The summed E-state index contributed by atoms with van der Waals surface area (Å²) in [4.78, 5) is 16.7. The topological polar surface area (TPSA) is 68.0 Å². The second kappa shape index (κ2) is 6.35. The summed E-state index contributed by atoms with van der Waals surface area (Å²) in [5, 5.41) is 3.91. The Morgan fingerprint density at radius 3 is 2.90 bits per heavy atom. The van der Waals surface area contributed by atoms with Gasteiger partial charge >= 0.3 is 0 Å². The van der Waals surface area contributed by atoms with Gasteiger partial charge in [-0.15, -0.1) is 0 Å². The minimum Gasteiger partial charge on any atom is -0.384 e. The lowest BCUT2D eigenvalue weighted by Crippen LogP contribution is -2.31. The molecule has 0 bridgehead atoms. The Morgan fingerprint density at radius 1 is 1.33 bits per heavy atom. The maximum atomic E-state index is 12.5. The first-order chi connectivity index (χ1) is 10.2. The molecule has 1 amide bonds. The number of nitrogens with one attached hydrogen (secondary N) is 1. The smallest absolute Gasteiger partial charge is 0.252 e. The van der Waals surface area contributed by atoms with E-state index in [-0.39, 0.29) is 5.91 Å². The van der Waals surface area contributed by atoms with Crippen molar-refractivity contribution in [2.24, 2.45) is 5.92 Å². The number of hydrogen-bond acceptors (Lipinski definition) is 4. The van der Waals surface area contributed by atoms with E-state index in [4.69, 9.17) is 5.73 Å². The predicted molar refractivity (Wildman–Crippen MR) is 88.5 cm³/mol. The van der Waals surface area contributed by atoms with Gasteiger partial charge in [0, 0.05) is 11.9 Å². The van der Waals surface area contributed by atoms with Crippen LogP contribution in [0.3, 0.4) is 0 Å². The van der Waals surface area contributed by atoms with Crippen molar-refractivity contribution in [2.45, 2.75) is 12.8 Å². The summed E-state index contributed by atoms with van der Waals surface area (Å²) in [5.41, 5.74) is 7.18. The highest BCUT2D eigenvalue weighted by atomic mass is 32.2. The summed E-state index contributed by atoms with van der Waals surface area (Å²) in [6.07, 6.45) is 2.37. The van der Waals surface area contributed by atoms with Gasteiger partial charge in [-0.1, -0.05) is 18.2 Å². The number of pyridine rings is 1. The lowest BCUT2D eigenvalue weighted by molar-refractivity contribution is 0.0948. The Bertz CT molecular complexity index is 653. The van der Waals surface area contributed by atoms with Crippen LogP contribution in [0.15, 0.2) is 30.3 Å². The first-order valence-corrected chi connectivity index (χ1v) is 8.41. The molecule has 0 atom stereocenters. The molecule has 1 aromatic carbocycles. The van der Waals surface area contributed by atoms with Gasteiger partial charge in [0.05, 0.1) is 11.1 Å². The third-order valence-electron chi connectivity index (χ3n) is 3.87. The number of nitrogens with zero attached hydrogens (tertiary/aromatic N) is 1. The standard InChI is InChI=1S/C16H19N3OS/c17-15-9-13(12-3-1-2-4-14(12)19-15)16(20)18-10-11-5-7-21-8-6-11/h1-4,9,11H,5-8,10H2,(H2,17,19)(H,18,20). The third-order valence-corrected chi connectivity index (χ3v) is 4.92. The molecule has 5 heteroatoms. The minimum atomic E-state index is -0.0569. The molecule has 21 heavy (non-hydrogen) atoms. The van der Waals surface area contributed by atoms with Crippen LogP contribution in [0.1, 0.15) is 23.2 Å². The molecule has 3 rings (SSSR count). The molecule has 4 nitrogen and oxygen atoms in total. The Morgan fingerprint density at radius 2 is 2.10 bits per heavy atom. The zero-order valence-corrected chi connectivity index (χ0v) is 12.7. The molecular weight excluding hydrogens is 282 g/mol. The number of amides is 1. The van der Waals surface area contributed by atoms with E-state index in [1.807, 2.05) is 36.0 Å². The van der Waals surface area contributed by atoms with Crippen LogP contribution in [0.25, 0.3) is 10.9 Å². The highest BCUT2D eigenvalue weighted by Gasteiger charge is 2.16. The SMILES string of the molecule is Nc1cc(C(=O)NCC2CCSCC2)c2ccccc2n1. The highest BCUT2D eigenvalue weighted by molar-refractivity contribution is 7.99. The minimum absolute atomic E-state index is 0.0569. The summed E-state index contributed by atoms with van der Waals surface area (Å²) in [5.74, 6) is 3.32. The fourth-order valence-corrected chi connectivity index (χ4v) is 3.87. The molecule has 2 heterocycles. The van der Waals surface area contributed by atoms with Crippen LogP contribution in [0.2, 0.25) is 0 Å². The number of thioether (sulfide) groups is 1. The average molecular weight is 301 g/mol. The molecule has 1 aliphatic heterocycles. The van der Waals surface area contributed by atoms with Crippen LogP contribution < -0.4 is 11.1 Å². The van der Waals surface area contributed by atoms with Gasteiger partial charge in [0.25, 0.3) is 5.91 Å². The average Bonchev–Trinajstić information content (AvgIpc) is 2.52. The van der Waals surface area contributed by atoms with Gasteiger partial charge in [-0.25, -0.2) is 4.98 Å². The third kappa shape index (κ3) is 3.29. The molecule has 0 saturated carbocycles. The largest absolute Gasteiger partial charge is 0.384 e. The quantitative estimate of drug-likeness (QED) is 0.914. The second-order valence-corrected chi connectivity index (χ2v) is 6.60. The number of nitrogen functional groups attached to an aromatic ring is 1. The first kappa shape index (κ1) is 14.2. The monoisotopic (exact) mass is 301 g/mol. The van der Waals surface area contributed by atoms with Crippen molar-refractivity contribution in [3.63, 3.8) is 0 Å². The van der Waals surface area contributed by atoms with Crippen molar-refractivity contribution < 1.29 is 4.79 Å². The summed E-state index contributed by atoms with van der Waals surface area (Å²) in [7, 11) is 0. The molecule has 0 unspecified atom stereocenters. The van der Waals surface area contributed by atoms with Crippen molar-refractivity contribution >= 4 is 34.4 Å². The Hall–Kier alpha value is -1.75. The van der Waals surface area contributed by atoms with Gasteiger partial charge in [0.1, 0.15) is 5.82 Å². The molecule has 3 N–H and O–H groups in total. The van der Waals surface area contributed by atoms with Gasteiger partial charge in [0.2, 0.25) is 0 Å². The molecule has 0 aliphatic carbocycles. The molecule has 1 aromatic heterocycles. The van der Waals surface area contributed by atoms with Gasteiger partial charge in [-0.05, 0) is 42.4 Å². The fraction of sp³-hybridized carbons (Fsp3) is 0.375. The maximum absolute atomic E-state index is 12.5. The number of nitrogens with two attached hydrogens (primary N) is 1. The van der Waals surface area contributed by atoms with E-state index in [2.05, 4.69) is 10.3 Å². The van der Waals surface area contributed by atoms with E-state index in [9.17, 15) is 4.79 Å². The summed E-state index contributed by atoms with van der Waals surface area (Å²) in [6.45, 7) is 0.746. The van der Waals surface area contributed by atoms with Crippen molar-refractivity contribution in [1.82, 2.24) is 10.3 Å². The maximum Gasteiger partial charge on any atom is 0.252 e. The van der Waals surface area contributed by atoms with E-state index in [0.29, 0.717) is 17.3 Å². The van der Waals surface area contributed by atoms with E-state index >= 15 is 0 Å². The number of anilines is 1. The van der Waals surface area contributed by atoms with Crippen molar-refractivity contribution in [1.29, 1.82) is 0 Å². The molecule has 1 saturated heterocycles. The number of carbonyl (C=O) groups excluding carboxylic acids is 1. The van der Waals surface area contributed by atoms with Crippen LogP contribution in [-0.2, 0) is 0 Å². The van der Waals surface area contributed by atoms with Crippen LogP contribution in [-0.4, -0.2) is 28.9 Å². The number of hydrogen-bond donors (Lipinski definition) is 2. The van der Waals surface area contributed by atoms with E-state index in [1.165, 1.54) is 24.3 Å². The number of rotatable bonds is 3. The van der Waals surface area contributed by atoms with Crippen LogP contribution >= 0.6 is 11.8 Å². The van der Waals surface area contributed by atoms with Crippen LogP contribution in [0.4, 0.5) is 5.82 Å². The summed E-state index contributed by atoms with van der Waals surface area (Å²) < 4.78 is 0. The number of aromatic nitrogens is 1. The summed E-state index contributed by atoms with van der Waals surface area (Å²) >= 11 is 2.00. The Kier molecular flexibility index (Phi) is 4.29. The molecule has 1 fully saturated rings. The number of para-hydroxylation sites is 1. The number of fused-ring (bicyclic) bond motifs is 1. The first-order valence-electron chi connectivity index (χ1n) is 7.25. The molecule has 110 valence electrons. The normalized spacial score (nSPS) is 16.0.